The molecule has 0 amide bonds. The van der Waals surface area contributed by atoms with Crippen LogP contribution in [-0.4, -0.2) is 20.4 Å². The largest absolute Gasteiger partial charge is 0.497 e. The fourth-order valence-corrected chi connectivity index (χ4v) is 8.83. The summed E-state index contributed by atoms with van der Waals surface area (Å²) in [5.41, 5.74) is 2.27. The zero-order chi connectivity index (χ0) is 22.4. The van der Waals surface area contributed by atoms with Crippen LogP contribution in [0.3, 0.4) is 0 Å². The monoisotopic (exact) mass is 441 g/mol. The number of ether oxygens (including phenoxy) is 2. The Kier molecular flexibility index (Phi) is 6.93. The van der Waals surface area contributed by atoms with E-state index in [4.69, 9.17) is 9.47 Å². The molecule has 162 valence electrons. The molecule has 0 aromatic heterocycles. The van der Waals surface area contributed by atoms with Gasteiger partial charge in [0, 0.05) is 6.07 Å². The zero-order valence-corrected chi connectivity index (χ0v) is 19.9. The van der Waals surface area contributed by atoms with E-state index < -0.39 is 7.26 Å². The summed E-state index contributed by atoms with van der Waals surface area (Å²) in [5.74, 6) is 1.59. The van der Waals surface area contributed by atoms with Crippen LogP contribution in [0.15, 0.2) is 103 Å². The van der Waals surface area contributed by atoms with Gasteiger partial charge in [-0.05, 0) is 66.1 Å². The zero-order valence-electron chi connectivity index (χ0n) is 19.0. The second-order valence-electron chi connectivity index (χ2n) is 7.86. The maximum Gasteiger partial charge on any atom is 0.123 e. The first-order valence-electron chi connectivity index (χ1n) is 11.0. The Morgan fingerprint density at radius 2 is 1.09 bits per heavy atom. The Balaban J connectivity index is 1.94. The topological polar surface area (TPSA) is 18.5 Å². The van der Waals surface area contributed by atoms with E-state index in [1.807, 2.05) is 6.07 Å². The minimum absolute atomic E-state index is 0.797. The van der Waals surface area contributed by atoms with Crippen LogP contribution in [0.2, 0.25) is 0 Å². The number of methoxy groups -OCH3 is 2. The number of hydrogen-bond donors (Lipinski definition) is 0. The van der Waals surface area contributed by atoms with E-state index in [9.17, 15) is 0 Å². The van der Waals surface area contributed by atoms with Gasteiger partial charge in [0.25, 0.3) is 0 Å². The van der Waals surface area contributed by atoms with Crippen LogP contribution >= 0.6 is 7.26 Å². The first-order chi connectivity index (χ1) is 15.7. The van der Waals surface area contributed by atoms with Crippen molar-refractivity contribution in [3.05, 3.63) is 103 Å². The van der Waals surface area contributed by atoms with Crippen LogP contribution in [0.5, 0.6) is 11.5 Å². The Hall–Kier alpha value is -3.09. The summed E-state index contributed by atoms with van der Waals surface area (Å²) in [4.78, 5) is 0. The summed E-state index contributed by atoms with van der Waals surface area (Å²) in [7, 11) is 1.58. The predicted molar refractivity (Wildman–Crippen MR) is 139 cm³/mol. The van der Waals surface area contributed by atoms with Crippen molar-refractivity contribution in [1.29, 1.82) is 0 Å². The van der Waals surface area contributed by atoms with Crippen LogP contribution in [0.1, 0.15) is 13.3 Å². The van der Waals surface area contributed by atoms with Crippen molar-refractivity contribution in [2.45, 2.75) is 13.3 Å². The van der Waals surface area contributed by atoms with Gasteiger partial charge in [0.15, 0.2) is 0 Å². The molecule has 0 radical (unpaired) electrons. The number of hydrogen-bond acceptors (Lipinski definition) is 2. The molecule has 0 aliphatic rings. The Morgan fingerprint density at radius 3 is 1.59 bits per heavy atom. The van der Waals surface area contributed by atoms with Crippen LogP contribution in [0, 0.1) is 0 Å². The lowest BCUT2D eigenvalue weighted by Crippen LogP contribution is -2.33. The normalized spacial score (nSPS) is 11.2. The highest BCUT2D eigenvalue weighted by Gasteiger charge is 2.44. The van der Waals surface area contributed by atoms with Crippen molar-refractivity contribution >= 4 is 23.2 Å². The molecule has 32 heavy (non-hydrogen) atoms. The molecule has 0 bridgehead atoms. The van der Waals surface area contributed by atoms with E-state index in [1.54, 1.807) is 14.2 Å². The van der Waals surface area contributed by atoms with Gasteiger partial charge in [0.1, 0.15) is 34.7 Å². The molecule has 0 saturated heterocycles. The molecule has 3 heteroatoms. The summed E-state index contributed by atoms with van der Waals surface area (Å²) in [6.45, 7) is 2.29. The Bertz CT molecular complexity index is 1090. The Labute approximate surface area is 192 Å². The highest BCUT2D eigenvalue weighted by Crippen LogP contribution is 2.56. The smallest absolute Gasteiger partial charge is 0.123 e. The summed E-state index contributed by atoms with van der Waals surface area (Å²) < 4.78 is 11.0. The second kappa shape index (κ2) is 10.0. The van der Waals surface area contributed by atoms with Gasteiger partial charge in [-0.25, -0.2) is 0 Å². The third-order valence-corrected chi connectivity index (χ3v) is 10.6. The van der Waals surface area contributed by atoms with Gasteiger partial charge in [-0.1, -0.05) is 55.5 Å². The number of benzene rings is 4. The molecule has 0 aliphatic heterocycles. The molecule has 0 aliphatic carbocycles. The molecule has 0 N–H and O–H groups in total. The van der Waals surface area contributed by atoms with E-state index in [1.165, 1.54) is 21.5 Å². The van der Waals surface area contributed by atoms with E-state index in [0.717, 1.165) is 29.6 Å². The second-order valence-corrected chi connectivity index (χ2v) is 11.5. The van der Waals surface area contributed by atoms with Gasteiger partial charge in [-0.15, -0.1) is 0 Å². The molecule has 4 aromatic carbocycles. The highest BCUT2D eigenvalue weighted by atomic mass is 31.2. The van der Waals surface area contributed by atoms with E-state index in [0.29, 0.717) is 0 Å². The maximum absolute atomic E-state index is 5.52. The third-order valence-electron chi connectivity index (χ3n) is 5.92. The molecule has 0 heterocycles. The van der Waals surface area contributed by atoms with Gasteiger partial charge in [0.05, 0.1) is 20.4 Å². The van der Waals surface area contributed by atoms with Crippen LogP contribution < -0.4 is 25.4 Å². The van der Waals surface area contributed by atoms with Crippen LogP contribution in [-0.2, 0) is 0 Å². The number of rotatable bonds is 8. The van der Waals surface area contributed by atoms with Crippen molar-refractivity contribution in [3.8, 4) is 22.6 Å². The molecule has 0 spiro atoms. The summed E-state index contributed by atoms with van der Waals surface area (Å²) >= 11 is 0. The minimum atomic E-state index is -1.80. The first-order valence-corrected chi connectivity index (χ1v) is 13.0. The predicted octanol–water partition coefficient (Wildman–Crippen LogP) is 6.07. The summed E-state index contributed by atoms with van der Waals surface area (Å²) in [6.07, 6.45) is 2.25. The maximum atomic E-state index is 5.52. The molecule has 0 atom stereocenters. The molecule has 4 rings (SSSR count). The third kappa shape index (κ3) is 4.29. The first kappa shape index (κ1) is 22.1. The minimum Gasteiger partial charge on any atom is -0.497 e. The molecule has 0 unspecified atom stereocenters. The van der Waals surface area contributed by atoms with Crippen molar-refractivity contribution in [1.82, 2.24) is 0 Å². The van der Waals surface area contributed by atoms with E-state index in [2.05, 4.69) is 104 Å². The van der Waals surface area contributed by atoms with Crippen molar-refractivity contribution in [2.75, 3.05) is 20.4 Å². The van der Waals surface area contributed by atoms with Crippen LogP contribution in [0.4, 0.5) is 0 Å². The Morgan fingerprint density at radius 1 is 0.562 bits per heavy atom. The van der Waals surface area contributed by atoms with Crippen LogP contribution in [0.25, 0.3) is 11.1 Å². The molecule has 4 aromatic rings. The van der Waals surface area contributed by atoms with Gasteiger partial charge in [0.2, 0.25) is 0 Å². The molecule has 0 fully saturated rings. The lowest BCUT2D eigenvalue weighted by Gasteiger charge is -2.27. The average molecular weight is 442 g/mol. The standard InChI is InChI=1S/C29H30O2P/c1-4-18-32(27-13-7-5-8-14-27,28-15-9-6-10-16-28)29-17-11-12-23(21-29)24-19-25(30-2)22-26(20-24)31-3/h5-17,19-22H,4,18H2,1-3H3/q+1. The molecular weight excluding hydrogens is 411 g/mol. The fraction of sp³-hybridized carbons (Fsp3) is 0.172. The van der Waals surface area contributed by atoms with Crippen molar-refractivity contribution in [2.24, 2.45) is 0 Å². The molecule has 0 saturated carbocycles. The quantitative estimate of drug-likeness (QED) is 0.309. The molecule has 2 nitrogen and oxygen atoms in total. The van der Waals surface area contributed by atoms with Gasteiger partial charge >= 0.3 is 0 Å². The highest BCUT2D eigenvalue weighted by molar-refractivity contribution is 7.95. The summed E-state index contributed by atoms with van der Waals surface area (Å²) in [5, 5.41) is 4.25. The lowest BCUT2D eigenvalue weighted by atomic mass is 10.1. The van der Waals surface area contributed by atoms with Crippen molar-refractivity contribution in [3.63, 3.8) is 0 Å². The van der Waals surface area contributed by atoms with E-state index >= 15 is 0 Å². The molecular formula is C29H30O2P+. The average Bonchev–Trinajstić information content (AvgIpc) is 2.88. The van der Waals surface area contributed by atoms with Gasteiger partial charge in [-0.3, -0.25) is 0 Å². The fourth-order valence-electron chi connectivity index (χ4n) is 4.43. The summed E-state index contributed by atoms with van der Waals surface area (Å²) in [6, 6.07) is 37.2. The SMILES string of the molecule is CCC[P+](c1ccccc1)(c1ccccc1)c1cccc(-c2cc(OC)cc(OC)c2)c1. The van der Waals surface area contributed by atoms with E-state index in [-0.39, 0.29) is 0 Å². The van der Waals surface area contributed by atoms with Gasteiger partial charge < -0.3 is 9.47 Å². The lowest BCUT2D eigenvalue weighted by molar-refractivity contribution is 0.394. The van der Waals surface area contributed by atoms with Gasteiger partial charge in [-0.2, -0.15) is 0 Å². The van der Waals surface area contributed by atoms with Crippen molar-refractivity contribution < 1.29 is 9.47 Å².